The van der Waals surface area contributed by atoms with Crippen LogP contribution in [0, 0.1) is 11.7 Å². The summed E-state index contributed by atoms with van der Waals surface area (Å²) >= 11 is 5.71. The van der Waals surface area contributed by atoms with Gasteiger partial charge in [0.1, 0.15) is 10.7 Å². The first-order valence-corrected chi connectivity index (χ1v) is 9.22. The van der Waals surface area contributed by atoms with Crippen molar-refractivity contribution < 1.29 is 12.8 Å². The molecule has 1 aromatic rings. The summed E-state index contributed by atoms with van der Waals surface area (Å²) in [6.07, 6.45) is 1.79. The Balaban J connectivity index is 3.18. The molecule has 0 atom stereocenters. The SMILES string of the molecule is CCC(CC)CN(CC)S(=O)(=O)c1cc(CCl)ccc1F. The smallest absolute Gasteiger partial charge is 0.207 e. The lowest BCUT2D eigenvalue weighted by molar-refractivity contribution is 0.338. The Bertz CT molecular complexity index is 559. The summed E-state index contributed by atoms with van der Waals surface area (Å²) in [5, 5.41) is 0. The van der Waals surface area contributed by atoms with Crippen LogP contribution < -0.4 is 0 Å². The highest BCUT2D eigenvalue weighted by atomic mass is 35.5. The van der Waals surface area contributed by atoms with Gasteiger partial charge in [0.2, 0.25) is 10.0 Å². The average Bonchev–Trinajstić information content (AvgIpc) is 2.48. The van der Waals surface area contributed by atoms with Crippen molar-refractivity contribution in [3.05, 3.63) is 29.6 Å². The van der Waals surface area contributed by atoms with Crippen LogP contribution in [-0.4, -0.2) is 25.8 Å². The molecule has 0 saturated heterocycles. The molecule has 6 heteroatoms. The topological polar surface area (TPSA) is 37.4 Å². The normalized spacial score (nSPS) is 12.3. The summed E-state index contributed by atoms with van der Waals surface area (Å²) in [4.78, 5) is -0.284. The monoisotopic (exact) mass is 335 g/mol. The Labute approximate surface area is 132 Å². The molecule has 1 rings (SSSR count). The van der Waals surface area contributed by atoms with E-state index in [4.69, 9.17) is 11.6 Å². The third-order valence-electron chi connectivity index (χ3n) is 3.74. The lowest BCUT2D eigenvalue weighted by Gasteiger charge is -2.25. The molecule has 0 fully saturated rings. The molecule has 0 aliphatic rings. The fourth-order valence-electron chi connectivity index (χ4n) is 2.20. The molecule has 0 spiro atoms. The molecule has 0 saturated carbocycles. The van der Waals surface area contributed by atoms with E-state index >= 15 is 0 Å². The van der Waals surface area contributed by atoms with Crippen LogP contribution in [0.15, 0.2) is 23.1 Å². The second-order valence-electron chi connectivity index (χ2n) is 5.04. The van der Waals surface area contributed by atoms with E-state index in [0.29, 0.717) is 18.7 Å². The van der Waals surface area contributed by atoms with Crippen LogP contribution in [0.2, 0.25) is 0 Å². The van der Waals surface area contributed by atoms with Gasteiger partial charge in [0.05, 0.1) is 0 Å². The molecule has 0 aliphatic carbocycles. The molecule has 21 heavy (non-hydrogen) atoms. The van der Waals surface area contributed by atoms with Gasteiger partial charge in [-0.05, 0) is 23.6 Å². The van der Waals surface area contributed by atoms with E-state index in [9.17, 15) is 12.8 Å². The second-order valence-corrected chi connectivity index (χ2v) is 7.21. The van der Waals surface area contributed by atoms with Crippen LogP contribution in [0.3, 0.4) is 0 Å². The first-order valence-electron chi connectivity index (χ1n) is 7.25. The molecule has 0 unspecified atom stereocenters. The molecular formula is C15H23ClFNO2S. The van der Waals surface area contributed by atoms with E-state index in [-0.39, 0.29) is 16.7 Å². The number of benzene rings is 1. The molecule has 0 bridgehead atoms. The number of sulfonamides is 1. The zero-order chi connectivity index (χ0) is 16.0. The highest BCUT2D eigenvalue weighted by Gasteiger charge is 2.28. The van der Waals surface area contributed by atoms with Crippen LogP contribution in [0.25, 0.3) is 0 Å². The Morgan fingerprint density at radius 2 is 1.86 bits per heavy atom. The van der Waals surface area contributed by atoms with Gasteiger partial charge in [-0.2, -0.15) is 4.31 Å². The van der Waals surface area contributed by atoms with Crippen LogP contribution in [0.5, 0.6) is 0 Å². The second kappa shape index (κ2) is 8.11. The van der Waals surface area contributed by atoms with Crippen LogP contribution in [0.1, 0.15) is 39.2 Å². The Hall–Kier alpha value is -0.650. The quantitative estimate of drug-likeness (QED) is 0.673. The first-order chi connectivity index (χ1) is 9.90. The maximum atomic E-state index is 14.0. The molecular weight excluding hydrogens is 313 g/mol. The molecule has 120 valence electrons. The van der Waals surface area contributed by atoms with Crippen LogP contribution in [-0.2, 0) is 15.9 Å². The summed E-state index contributed by atoms with van der Waals surface area (Å²) < 4.78 is 40.6. The number of halogens is 2. The van der Waals surface area contributed by atoms with Gasteiger partial charge < -0.3 is 0 Å². The van der Waals surface area contributed by atoms with Gasteiger partial charge in [0.25, 0.3) is 0 Å². The van der Waals surface area contributed by atoms with Crippen LogP contribution in [0.4, 0.5) is 4.39 Å². The number of hydrogen-bond acceptors (Lipinski definition) is 2. The Morgan fingerprint density at radius 1 is 1.24 bits per heavy atom. The van der Waals surface area contributed by atoms with Crippen molar-refractivity contribution in [3.63, 3.8) is 0 Å². The van der Waals surface area contributed by atoms with Crippen molar-refractivity contribution in [1.29, 1.82) is 0 Å². The molecule has 0 N–H and O–H groups in total. The van der Waals surface area contributed by atoms with E-state index in [1.54, 1.807) is 6.92 Å². The van der Waals surface area contributed by atoms with Crippen LogP contribution >= 0.6 is 11.6 Å². The molecule has 1 aromatic carbocycles. The van der Waals surface area contributed by atoms with E-state index in [0.717, 1.165) is 18.9 Å². The fraction of sp³-hybridized carbons (Fsp3) is 0.600. The number of hydrogen-bond donors (Lipinski definition) is 0. The third kappa shape index (κ3) is 4.41. The maximum absolute atomic E-state index is 14.0. The van der Waals surface area contributed by atoms with Crippen molar-refractivity contribution in [1.82, 2.24) is 4.31 Å². The Kier molecular flexibility index (Phi) is 7.10. The largest absolute Gasteiger partial charge is 0.245 e. The molecule has 0 amide bonds. The maximum Gasteiger partial charge on any atom is 0.245 e. The lowest BCUT2D eigenvalue weighted by Crippen LogP contribution is -2.35. The number of alkyl halides is 1. The van der Waals surface area contributed by atoms with E-state index < -0.39 is 15.8 Å². The van der Waals surface area contributed by atoms with Gasteiger partial charge in [-0.3, -0.25) is 0 Å². The van der Waals surface area contributed by atoms with Gasteiger partial charge in [-0.15, -0.1) is 11.6 Å². The molecule has 3 nitrogen and oxygen atoms in total. The minimum atomic E-state index is -3.83. The number of rotatable bonds is 8. The predicted octanol–water partition coefficient (Wildman–Crippen LogP) is 4.01. The third-order valence-corrected chi connectivity index (χ3v) is 6.00. The molecule has 0 aliphatic heterocycles. The Morgan fingerprint density at radius 3 is 2.33 bits per heavy atom. The zero-order valence-electron chi connectivity index (χ0n) is 12.8. The summed E-state index contributed by atoms with van der Waals surface area (Å²) in [7, 11) is -3.83. The fourth-order valence-corrected chi connectivity index (χ4v) is 4.01. The zero-order valence-corrected chi connectivity index (χ0v) is 14.3. The summed E-state index contributed by atoms with van der Waals surface area (Å²) in [6, 6.07) is 3.99. The summed E-state index contributed by atoms with van der Waals surface area (Å²) in [5.74, 6) is -0.299. The summed E-state index contributed by atoms with van der Waals surface area (Å²) in [6.45, 7) is 6.57. The summed E-state index contributed by atoms with van der Waals surface area (Å²) in [5.41, 5.74) is 0.593. The van der Waals surface area contributed by atoms with Crippen molar-refractivity contribution in [3.8, 4) is 0 Å². The molecule has 0 heterocycles. The van der Waals surface area contributed by atoms with Gasteiger partial charge in [0.15, 0.2) is 0 Å². The lowest BCUT2D eigenvalue weighted by atomic mass is 10.0. The van der Waals surface area contributed by atoms with Crippen molar-refractivity contribution >= 4 is 21.6 Å². The standard InChI is InChI=1S/C15H23ClFNO2S/c1-4-12(5-2)11-18(6-3)21(19,20)15-9-13(10-16)7-8-14(15)17/h7-9,12H,4-6,10-11H2,1-3H3. The first kappa shape index (κ1) is 18.4. The highest BCUT2D eigenvalue weighted by Crippen LogP contribution is 2.23. The van der Waals surface area contributed by atoms with Crippen molar-refractivity contribution in [2.75, 3.05) is 13.1 Å². The van der Waals surface area contributed by atoms with Gasteiger partial charge in [-0.25, -0.2) is 12.8 Å². The average molecular weight is 336 g/mol. The van der Waals surface area contributed by atoms with Crippen molar-refractivity contribution in [2.45, 2.75) is 44.4 Å². The van der Waals surface area contributed by atoms with E-state index in [1.165, 1.54) is 16.4 Å². The minimum absolute atomic E-state index is 0.154. The van der Waals surface area contributed by atoms with Crippen molar-refractivity contribution in [2.24, 2.45) is 5.92 Å². The van der Waals surface area contributed by atoms with Gasteiger partial charge in [0, 0.05) is 19.0 Å². The predicted molar refractivity (Wildman–Crippen MR) is 84.5 cm³/mol. The molecule has 0 aromatic heterocycles. The molecule has 0 radical (unpaired) electrons. The van der Waals surface area contributed by atoms with Gasteiger partial charge >= 0.3 is 0 Å². The highest BCUT2D eigenvalue weighted by molar-refractivity contribution is 7.89. The van der Waals surface area contributed by atoms with Gasteiger partial charge in [-0.1, -0.05) is 39.7 Å². The number of nitrogens with zero attached hydrogens (tertiary/aromatic N) is 1. The minimum Gasteiger partial charge on any atom is -0.207 e. The van der Waals surface area contributed by atoms with E-state index in [2.05, 4.69) is 0 Å². The van der Waals surface area contributed by atoms with E-state index in [1.807, 2.05) is 13.8 Å².